The first-order chi connectivity index (χ1) is 9.47. The van der Waals surface area contributed by atoms with E-state index in [2.05, 4.69) is 15.2 Å². The number of alkyl halides is 3. The lowest BCUT2D eigenvalue weighted by Crippen LogP contribution is -2.38. The predicted octanol–water partition coefficient (Wildman–Crippen LogP) is 2.41. The lowest BCUT2D eigenvalue weighted by Gasteiger charge is -2.28. The van der Waals surface area contributed by atoms with Gasteiger partial charge >= 0.3 is 6.18 Å². The van der Waals surface area contributed by atoms with Crippen molar-refractivity contribution in [3.05, 3.63) is 41.5 Å². The molecule has 20 heavy (non-hydrogen) atoms. The molecule has 0 aliphatic carbocycles. The van der Waals surface area contributed by atoms with Gasteiger partial charge in [0.1, 0.15) is 0 Å². The van der Waals surface area contributed by atoms with E-state index in [0.717, 1.165) is 17.3 Å². The van der Waals surface area contributed by atoms with Gasteiger partial charge in [0, 0.05) is 25.5 Å². The van der Waals surface area contributed by atoms with Crippen molar-refractivity contribution in [1.29, 1.82) is 0 Å². The highest BCUT2D eigenvalue weighted by Crippen LogP contribution is 2.39. The first kappa shape index (κ1) is 12.8. The Morgan fingerprint density at radius 2 is 2.00 bits per heavy atom. The Bertz CT molecular complexity index is 598. The quantitative estimate of drug-likeness (QED) is 0.794. The summed E-state index contributed by atoms with van der Waals surface area (Å²) in [5.41, 5.74) is 1.59. The van der Waals surface area contributed by atoms with Crippen molar-refractivity contribution in [2.24, 2.45) is 16.1 Å². The molecule has 1 amide bonds. The second kappa shape index (κ2) is 4.39. The van der Waals surface area contributed by atoms with Crippen LogP contribution in [0, 0.1) is 5.92 Å². The second-order valence-corrected chi connectivity index (χ2v) is 4.58. The van der Waals surface area contributed by atoms with Crippen LogP contribution in [0.2, 0.25) is 0 Å². The largest absolute Gasteiger partial charge is 0.406 e. The Labute approximate surface area is 111 Å². The molecule has 1 atom stereocenters. The van der Waals surface area contributed by atoms with Gasteiger partial charge in [-0.2, -0.15) is 18.3 Å². The normalized spacial score (nSPS) is 21.9. The van der Waals surface area contributed by atoms with Crippen LogP contribution in [0.4, 0.5) is 13.2 Å². The van der Waals surface area contributed by atoms with Crippen molar-refractivity contribution in [2.75, 3.05) is 0 Å². The van der Waals surface area contributed by atoms with Gasteiger partial charge in [-0.15, -0.1) is 5.11 Å². The molecule has 0 bridgehead atoms. The van der Waals surface area contributed by atoms with Crippen molar-refractivity contribution < 1.29 is 18.0 Å². The van der Waals surface area contributed by atoms with Crippen LogP contribution in [0.15, 0.2) is 40.6 Å². The topological polar surface area (TPSA) is 57.9 Å². The fourth-order valence-electron chi connectivity index (χ4n) is 2.38. The minimum absolute atomic E-state index is 0.159. The molecule has 5 nitrogen and oxygen atoms in total. The number of aromatic nitrogens is 1. The fourth-order valence-corrected chi connectivity index (χ4v) is 2.38. The summed E-state index contributed by atoms with van der Waals surface area (Å²) < 4.78 is 39.1. The molecule has 1 aromatic rings. The molecule has 3 heterocycles. The highest BCUT2D eigenvalue weighted by molar-refractivity contribution is 5.83. The summed E-state index contributed by atoms with van der Waals surface area (Å²) in [6.07, 6.45) is -0.456. The van der Waals surface area contributed by atoms with Crippen LogP contribution >= 0.6 is 0 Å². The zero-order valence-electron chi connectivity index (χ0n) is 10.1. The van der Waals surface area contributed by atoms with E-state index in [1.165, 1.54) is 4.90 Å². The summed E-state index contributed by atoms with van der Waals surface area (Å²) in [6.45, 7) is 0.587. The van der Waals surface area contributed by atoms with E-state index in [-0.39, 0.29) is 12.2 Å². The second-order valence-electron chi connectivity index (χ2n) is 4.58. The van der Waals surface area contributed by atoms with E-state index in [1.54, 1.807) is 18.5 Å². The maximum Gasteiger partial charge on any atom is 0.406 e. The van der Waals surface area contributed by atoms with Gasteiger partial charge in [0.2, 0.25) is 0 Å². The van der Waals surface area contributed by atoms with E-state index in [4.69, 9.17) is 0 Å². The minimum atomic E-state index is -4.67. The molecule has 0 spiro atoms. The highest BCUT2D eigenvalue weighted by atomic mass is 19.4. The van der Waals surface area contributed by atoms with E-state index < -0.39 is 18.0 Å². The molecule has 1 aromatic heterocycles. The number of hydrogen-bond acceptors (Lipinski definition) is 4. The Kier molecular flexibility index (Phi) is 2.81. The number of hydrogen-bond donors (Lipinski definition) is 0. The number of amides is 1. The number of pyridine rings is 1. The zero-order valence-corrected chi connectivity index (χ0v) is 10.1. The summed E-state index contributed by atoms with van der Waals surface area (Å²) in [7, 11) is 0. The molecule has 0 saturated heterocycles. The predicted molar refractivity (Wildman–Crippen MR) is 61.0 cm³/mol. The Hall–Kier alpha value is -2.25. The van der Waals surface area contributed by atoms with Crippen molar-refractivity contribution >= 4 is 5.91 Å². The number of nitrogens with zero attached hydrogens (tertiary/aromatic N) is 4. The number of azo groups is 1. The number of carbonyl (C=O) groups excluding carboxylic acids is 1. The first-order valence-corrected chi connectivity index (χ1v) is 5.85. The van der Waals surface area contributed by atoms with Crippen LogP contribution in [0.25, 0.3) is 0 Å². The lowest BCUT2D eigenvalue weighted by atomic mass is 10.0. The van der Waals surface area contributed by atoms with Gasteiger partial charge in [-0.3, -0.25) is 9.78 Å². The van der Waals surface area contributed by atoms with Gasteiger partial charge in [-0.05, 0) is 17.2 Å². The molecule has 2 aliphatic rings. The van der Waals surface area contributed by atoms with Gasteiger partial charge in [0.05, 0.1) is 11.9 Å². The molecule has 8 heteroatoms. The molecule has 0 fully saturated rings. The van der Waals surface area contributed by atoms with Gasteiger partial charge in [0.15, 0.2) is 5.92 Å². The van der Waals surface area contributed by atoms with Gasteiger partial charge in [-0.25, -0.2) is 0 Å². The maximum absolute atomic E-state index is 13.0. The fraction of sp³-hybridized carbons (Fsp3) is 0.333. The summed E-state index contributed by atoms with van der Waals surface area (Å²) >= 11 is 0. The number of halogens is 3. The van der Waals surface area contributed by atoms with E-state index in [0.29, 0.717) is 6.54 Å². The van der Waals surface area contributed by atoms with E-state index >= 15 is 0 Å². The van der Waals surface area contributed by atoms with Crippen LogP contribution in [-0.2, 0) is 17.9 Å². The molecular formula is C12H9F3N4O. The third-order valence-corrected chi connectivity index (χ3v) is 3.31. The standard InChI is InChI=1S/C12H9F3N4O/c13-12(14,15)10-9(4-17-18-11(10)20)19-5-7-1-2-16-3-8(7)6-19/h1-4,10H,5-6H2. The summed E-state index contributed by atoms with van der Waals surface area (Å²) in [5.74, 6) is -3.51. The van der Waals surface area contributed by atoms with Crippen LogP contribution in [0.3, 0.4) is 0 Å². The van der Waals surface area contributed by atoms with Crippen molar-refractivity contribution in [1.82, 2.24) is 9.88 Å². The van der Waals surface area contributed by atoms with Gasteiger partial charge < -0.3 is 4.90 Å². The van der Waals surface area contributed by atoms with Crippen molar-refractivity contribution in [3.8, 4) is 0 Å². The monoisotopic (exact) mass is 282 g/mol. The zero-order chi connectivity index (χ0) is 14.3. The van der Waals surface area contributed by atoms with Crippen LogP contribution in [0.1, 0.15) is 11.1 Å². The molecular weight excluding hydrogens is 273 g/mol. The number of fused-ring (bicyclic) bond motifs is 1. The summed E-state index contributed by atoms with van der Waals surface area (Å²) in [5, 5.41) is 6.37. The van der Waals surface area contributed by atoms with Crippen LogP contribution in [-0.4, -0.2) is 22.0 Å². The van der Waals surface area contributed by atoms with Gasteiger partial charge in [-0.1, -0.05) is 0 Å². The lowest BCUT2D eigenvalue weighted by molar-refractivity contribution is -0.177. The van der Waals surface area contributed by atoms with Crippen LogP contribution < -0.4 is 0 Å². The third-order valence-electron chi connectivity index (χ3n) is 3.31. The van der Waals surface area contributed by atoms with E-state index in [9.17, 15) is 18.0 Å². The maximum atomic E-state index is 13.0. The van der Waals surface area contributed by atoms with Crippen LogP contribution in [0.5, 0.6) is 0 Å². The highest BCUT2D eigenvalue weighted by Gasteiger charge is 2.50. The van der Waals surface area contributed by atoms with Gasteiger partial charge in [0.25, 0.3) is 5.91 Å². The molecule has 0 radical (unpaired) electrons. The van der Waals surface area contributed by atoms with Crippen molar-refractivity contribution in [3.63, 3.8) is 0 Å². The third kappa shape index (κ3) is 2.06. The molecule has 3 rings (SSSR count). The summed E-state index contributed by atoms with van der Waals surface area (Å²) in [4.78, 5) is 16.8. The first-order valence-electron chi connectivity index (χ1n) is 5.85. The molecule has 0 N–H and O–H groups in total. The number of rotatable bonds is 1. The molecule has 104 valence electrons. The molecule has 0 saturated carbocycles. The Morgan fingerprint density at radius 3 is 2.70 bits per heavy atom. The minimum Gasteiger partial charge on any atom is -0.364 e. The van der Waals surface area contributed by atoms with E-state index in [1.807, 2.05) is 0 Å². The molecule has 2 aliphatic heterocycles. The summed E-state index contributed by atoms with van der Waals surface area (Å²) in [6, 6.07) is 1.75. The smallest absolute Gasteiger partial charge is 0.364 e. The Morgan fingerprint density at radius 1 is 1.25 bits per heavy atom. The van der Waals surface area contributed by atoms with Crippen molar-refractivity contribution in [2.45, 2.75) is 19.3 Å². The SMILES string of the molecule is O=C1N=NC=C(N2Cc3ccncc3C2)C1C(F)(F)F. The molecule has 0 aromatic carbocycles. The average molecular weight is 282 g/mol. The number of carbonyl (C=O) groups is 1. The molecule has 1 unspecified atom stereocenters. The Balaban J connectivity index is 1.92. The average Bonchev–Trinajstić information content (AvgIpc) is 2.80.